The van der Waals surface area contributed by atoms with Gasteiger partial charge in [0.2, 0.25) is 13.4 Å². The molecule has 0 aliphatic carbocycles. The number of ether oxygens (including phenoxy) is 3. The topological polar surface area (TPSA) is 86.7 Å². The van der Waals surface area contributed by atoms with Gasteiger partial charge in [-0.2, -0.15) is 0 Å². The molecule has 0 spiro atoms. The predicted molar refractivity (Wildman–Crippen MR) is 109 cm³/mol. The van der Waals surface area contributed by atoms with Gasteiger partial charge in [0.05, 0.1) is 5.71 Å². The Morgan fingerprint density at radius 1 is 1.19 bits per heavy atom. The Bertz CT molecular complexity index is 994. The van der Waals surface area contributed by atoms with Gasteiger partial charge in [-0.3, -0.25) is 4.79 Å². The third-order valence-electron chi connectivity index (χ3n) is 4.52. The largest absolute Gasteiger partial charge is 0.454 e. The Hall–Kier alpha value is -3.62. The second-order valence-electron chi connectivity index (χ2n) is 6.97. The molecule has 0 N–H and O–H groups in total. The first-order valence-electron chi connectivity index (χ1n) is 9.59. The number of fused-ring (bicyclic) bond motifs is 1. The molecule has 0 saturated carbocycles. The Balaban J connectivity index is 1.46. The lowest BCUT2D eigenvalue weighted by molar-refractivity contribution is -0.162. The zero-order valence-electron chi connectivity index (χ0n) is 17.5. The van der Waals surface area contributed by atoms with Crippen LogP contribution < -0.4 is 9.47 Å². The Kier molecular flexibility index (Phi) is 7.07. The first kappa shape index (κ1) is 22.1. The number of amides is 1. The van der Waals surface area contributed by atoms with E-state index in [9.17, 15) is 14.0 Å². The summed E-state index contributed by atoms with van der Waals surface area (Å²) in [5.41, 5.74) is 1.91. The first-order chi connectivity index (χ1) is 14.8. The van der Waals surface area contributed by atoms with E-state index in [1.165, 1.54) is 24.0 Å². The fourth-order valence-electron chi connectivity index (χ4n) is 2.94. The van der Waals surface area contributed by atoms with Crippen molar-refractivity contribution in [2.45, 2.75) is 26.5 Å². The minimum atomic E-state index is -1.02. The third kappa shape index (κ3) is 5.94. The number of nitrogens with zero attached hydrogens (tertiary/aromatic N) is 2. The van der Waals surface area contributed by atoms with Crippen LogP contribution in [-0.4, -0.2) is 49.0 Å². The summed E-state index contributed by atoms with van der Waals surface area (Å²) < 4.78 is 29.0. The lowest BCUT2D eigenvalue weighted by Gasteiger charge is -2.21. The van der Waals surface area contributed by atoms with E-state index in [1.807, 2.05) is 0 Å². The Morgan fingerprint density at radius 3 is 2.74 bits per heavy atom. The van der Waals surface area contributed by atoms with Crippen molar-refractivity contribution in [1.82, 2.24) is 4.90 Å². The second kappa shape index (κ2) is 9.92. The van der Waals surface area contributed by atoms with Crippen molar-refractivity contribution in [1.29, 1.82) is 0 Å². The molecule has 0 fully saturated rings. The van der Waals surface area contributed by atoms with E-state index < -0.39 is 24.6 Å². The SMILES string of the molecule is C/C(=N/OCC(=O)OC(C)C(=O)N(C)Cc1cccc(F)c1)c1ccc2c(c1)OCO2. The molecule has 2 aromatic carbocycles. The van der Waals surface area contributed by atoms with Gasteiger partial charge in [-0.1, -0.05) is 17.3 Å². The molecule has 8 nitrogen and oxygen atoms in total. The van der Waals surface area contributed by atoms with Crippen molar-refractivity contribution in [3.63, 3.8) is 0 Å². The number of carbonyl (C=O) groups is 2. The molecule has 2 aromatic rings. The molecule has 0 radical (unpaired) electrons. The minimum absolute atomic E-state index is 0.172. The maximum atomic E-state index is 13.3. The summed E-state index contributed by atoms with van der Waals surface area (Å²) in [5.74, 6) is -0.269. The van der Waals surface area contributed by atoms with E-state index in [2.05, 4.69) is 5.16 Å². The van der Waals surface area contributed by atoms with Gasteiger partial charge in [-0.05, 0) is 49.7 Å². The molecule has 31 heavy (non-hydrogen) atoms. The number of rotatable bonds is 8. The normalized spacial score (nSPS) is 13.5. The summed E-state index contributed by atoms with van der Waals surface area (Å²) in [6.07, 6.45) is -1.02. The van der Waals surface area contributed by atoms with Crippen LogP contribution in [0.25, 0.3) is 0 Å². The van der Waals surface area contributed by atoms with Crippen molar-refractivity contribution < 1.29 is 33.0 Å². The highest BCUT2D eigenvalue weighted by Crippen LogP contribution is 2.32. The molecular weight excluding hydrogens is 407 g/mol. The van der Waals surface area contributed by atoms with Crippen LogP contribution in [0.2, 0.25) is 0 Å². The van der Waals surface area contributed by atoms with Crippen LogP contribution in [0.15, 0.2) is 47.6 Å². The molecular formula is C22H23FN2O6. The lowest BCUT2D eigenvalue weighted by atomic mass is 10.1. The van der Waals surface area contributed by atoms with Gasteiger partial charge < -0.3 is 23.9 Å². The standard InChI is InChI=1S/C22H23FN2O6/c1-14(17-7-8-19-20(10-17)29-13-28-19)24-30-12-21(26)31-15(2)22(27)25(3)11-16-5-4-6-18(23)9-16/h4-10,15H,11-13H2,1-3H3/b24-14-. The number of esters is 1. The number of halogens is 1. The number of carbonyl (C=O) groups excluding carboxylic acids is 2. The van der Waals surface area contributed by atoms with Gasteiger partial charge in [-0.25, -0.2) is 9.18 Å². The van der Waals surface area contributed by atoms with E-state index in [0.29, 0.717) is 22.8 Å². The van der Waals surface area contributed by atoms with E-state index in [-0.39, 0.29) is 19.2 Å². The van der Waals surface area contributed by atoms with Crippen LogP contribution in [0.1, 0.15) is 25.0 Å². The fraction of sp³-hybridized carbons (Fsp3) is 0.318. The molecule has 0 bridgehead atoms. The van der Waals surface area contributed by atoms with Crippen LogP contribution in [0.3, 0.4) is 0 Å². The van der Waals surface area contributed by atoms with Crippen molar-refractivity contribution in [2.75, 3.05) is 20.4 Å². The molecule has 9 heteroatoms. The summed E-state index contributed by atoms with van der Waals surface area (Å²) in [5, 5.41) is 3.90. The zero-order chi connectivity index (χ0) is 22.4. The molecule has 164 valence electrons. The van der Waals surface area contributed by atoms with Crippen LogP contribution in [0.5, 0.6) is 11.5 Å². The summed E-state index contributed by atoms with van der Waals surface area (Å²) in [4.78, 5) is 30.8. The fourth-order valence-corrected chi connectivity index (χ4v) is 2.94. The number of hydrogen-bond acceptors (Lipinski definition) is 7. The molecule has 0 saturated heterocycles. The average Bonchev–Trinajstić information content (AvgIpc) is 3.20. The quantitative estimate of drug-likeness (QED) is 0.364. The molecule has 1 atom stereocenters. The zero-order valence-corrected chi connectivity index (χ0v) is 17.5. The van der Waals surface area contributed by atoms with Crippen molar-refractivity contribution in [3.05, 3.63) is 59.4 Å². The molecule has 1 amide bonds. The molecule has 1 heterocycles. The van der Waals surface area contributed by atoms with Crippen LogP contribution in [0.4, 0.5) is 4.39 Å². The van der Waals surface area contributed by atoms with E-state index >= 15 is 0 Å². The van der Waals surface area contributed by atoms with Crippen molar-refractivity contribution >= 4 is 17.6 Å². The number of hydrogen-bond donors (Lipinski definition) is 0. The molecule has 3 rings (SSSR count). The maximum absolute atomic E-state index is 13.3. The number of oxime groups is 1. The minimum Gasteiger partial charge on any atom is -0.454 e. The predicted octanol–water partition coefficient (Wildman–Crippen LogP) is 2.89. The third-order valence-corrected chi connectivity index (χ3v) is 4.52. The van der Waals surface area contributed by atoms with Crippen molar-refractivity contribution in [3.8, 4) is 11.5 Å². The monoisotopic (exact) mass is 430 g/mol. The smallest absolute Gasteiger partial charge is 0.347 e. The van der Waals surface area contributed by atoms with Crippen LogP contribution >= 0.6 is 0 Å². The van der Waals surface area contributed by atoms with Crippen LogP contribution in [-0.2, 0) is 25.7 Å². The Morgan fingerprint density at radius 2 is 1.97 bits per heavy atom. The van der Waals surface area contributed by atoms with Crippen LogP contribution in [0, 0.1) is 5.82 Å². The summed E-state index contributed by atoms with van der Waals surface area (Å²) in [6, 6.07) is 11.3. The van der Waals surface area contributed by atoms with Gasteiger partial charge in [0.25, 0.3) is 5.91 Å². The van der Waals surface area contributed by atoms with Crippen molar-refractivity contribution in [2.24, 2.45) is 5.16 Å². The van der Waals surface area contributed by atoms with Gasteiger partial charge in [0.1, 0.15) is 5.82 Å². The summed E-state index contributed by atoms with van der Waals surface area (Å²) in [7, 11) is 1.55. The first-order valence-corrected chi connectivity index (χ1v) is 9.59. The van der Waals surface area contributed by atoms with Gasteiger partial charge in [0, 0.05) is 19.2 Å². The van der Waals surface area contributed by atoms with Gasteiger partial charge in [0.15, 0.2) is 17.6 Å². The van der Waals surface area contributed by atoms with E-state index in [0.717, 1.165) is 5.56 Å². The summed E-state index contributed by atoms with van der Waals surface area (Å²) in [6.45, 7) is 3.09. The van der Waals surface area contributed by atoms with E-state index in [1.54, 1.807) is 44.3 Å². The highest BCUT2D eigenvalue weighted by atomic mass is 19.1. The second-order valence-corrected chi connectivity index (χ2v) is 6.97. The van der Waals surface area contributed by atoms with Gasteiger partial charge >= 0.3 is 5.97 Å². The Labute approximate surface area is 179 Å². The van der Waals surface area contributed by atoms with Gasteiger partial charge in [-0.15, -0.1) is 0 Å². The summed E-state index contributed by atoms with van der Waals surface area (Å²) >= 11 is 0. The highest BCUT2D eigenvalue weighted by molar-refractivity contribution is 5.99. The molecule has 0 aromatic heterocycles. The maximum Gasteiger partial charge on any atom is 0.347 e. The number of likely N-dealkylation sites (N-methyl/N-ethyl adjacent to an activating group) is 1. The molecule has 1 unspecified atom stereocenters. The number of benzene rings is 2. The molecule has 1 aliphatic rings. The average molecular weight is 430 g/mol. The van der Waals surface area contributed by atoms with E-state index in [4.69, 9.17) is 19.0 Å². The highest BCUT2D eigenvalue weighted by Gasteiger charge is 2.22. The lowest BCUT2D eigenvalue weighted by Crippen LogP contribution is -2.37. The molecule has 1 aliphatic heterocycles.